The van der Waals surface area contributed by atoms with Crippen LogP contribution in [0.1, 0.15) is 21.5 Å². The van der Waals surface area contributed by atoms with E-state index in [-0.39, 0.29) is 31.7 Å². The van der Waals surface area contributed by atoms with Crippen LogP contribution in [0, 0.1) is 11.6 Å². The number of fused-ring (bicyclic) bond motifs is 1. The minimum Gasteiger partial charge on any atom is -0.467 e. The number of ether oxygens (including phenoxy) is 2. The smallest absolute Gasteiger partial charge is 0.253 e. The van der Waals surface area contributed by atoms with E-state index in [0.29, 0.717) is 28.1 Å². The summed E-state index contributed by atoms with van der Waals surface area (Å²) in [6, 6.07) is 12.0. The standard InChI is InChI=1S/C21H16F2N2O3/c22-17-4-1-13(2-5-17)19-6-3-14(9-24-19)21(26)25-10-15-7-18(23)8-16-11-27-12-28-20(15)16/h1-9H,10-12H2,(H,25,26). The Balaban J connectivity index is 1.46. The monoisotopic (exact) mass is 382 g/mol. The van der Waals surface area contributed by atoms with E-state index in [1.807, 2.05) is 0 Å². The molecule has 3 aromatic rings. The van der Waals surface area contributed by atoms with E-state index in [9.17, 15) is 13.6 Å². The van der Waals surface area contributed by atoms with Crippen molar-refractivity contribution in [3.05, 3.63) is 83.1 Å². The number of pyridine rings is 1. The number of hydrogen-bond donors (Lipinski definition) is 1. The zero-order valence-electron chi connectivity index (χ0n) is 14.7. The summed E-state index contributed by atoms with van der Waals surface area (Å²) < 4.78 is 37.4. The van der Waals surface area contributed by atoms with Crippen LogP contribution in [0.5, 0.6) is 5.75 Å². The Morgan fingerprint density at radius 2 is 1.89 bits per heavy atom. The van der Waals surface area contributed by atoms with Gasteiger partial charge in [0.05, 0.1) is 17.9 Å². The third-order valence-electron chi connectivity index (χ3n) is 4.36. The Morgan fingerprint density at radius 1 is 1.07 bits per heavy atom. The van der Waals surface area contributed by atoms with Crippen LogP contribution in [0.2, 0.25) is 0 Å². The number of rotatable bonds is 4. The van der Waals surface area contributed by atoms with Gasteiger partial charge in [0.15, 0.2) is 6.79 Å². The predicted molar refractivity (Wildman–Crippen MR) is 97.5 cm³/mol. The molecule has 0 radical (unpaired) electrons. The van der Waals surface area contributed by atoms with Gasteiger partial charge in [-0.3, -0.25) is 9.78 Å². The highest BCUT2D eigenvalue weighted by Gasteiger charge is 2.17. The van der Waals surface area contributed by atoms with E-state index in [0.717, 1.165) is 5.56 Å². The Morgan fingerprint density at radius 3 is 2.64 bits per heavy atom. The molecule has 0 unspecified atom stereocenters. The summed E-state index contributed by atoms with van der Waals surface area (Å²) in [6.45, 7) is 0.468. The molecule has 0 saturated carbocycles. The second kappa shape index (κ2) is 7.74. The second-order valence-electron chi connectivity index (χ2n) is 6.29. The third kappa shape index (κ3) is 3.84. The summed E-state index contributed by atoms with van der Waals surface area (Å²) in [7, 11) is 0. The van der Waals surface area contributed by atoms with E-state index in [1.54, 1.807) is 24.3 Å². The molecule has 1 N–H and O–H groups in total. The van der Waals surface area contributed by atoms with Crippen LogP contribution in [0.3, 0.4) is 0 Å². The van der Waals surface area contributed by atoms with Gasteiger partial charge < -0.3 is 14.8 Å². The van der Waals surface area contributed by atoms with Crippen molar-refractivity contribution in [1.82, 2.24) is 10.3 Å². The molecule has 1 amide bonds. The van der Waals surface area contributed by atoms with E-state index in [4.69, 9.17) is 9.47 Å². The third-order valence-corrected chi connectivity index (χ3v) is 4.36. The summed E-state index contributed by atoms with van der Waals surface area (Å²) in [5, 5.41) is 2.74. The summed E-state index contributed by atoms with van der Waals surface area (Å²) >= 11 is 0. The molecule has 0 bridgehead atoms. The Kier molecular flexibility index (Phi) is 4.99. The Labute approximate surface area is 159 Å². The number of aromatic nitrogens is 1. The number of hydrogen-bond acceptors (Lipinski definition) is 4. The van der Waals surface area contributed by atoms with Gasteiger partial charge in [0.2, 0.25) is 0 Å². The van der Waals surface area contributed by atoms with Crippen LogP contribution in [-0.2, 0) is 17.9 Å². The van der Waals surface area contributed by atoms with Crippen LogP contribution >= 0.6 is 0 Å². The summed E-state index contributed by atoms with van der Waals surface area (Å²) in [5.41, 5.74) is 2.90. The first-order chi connectivity index (χ1) is 13.6. The molecule has 5 nitrogen and oxygen atoms in total. The van der Waals surface area contributed by atoms with E-state index >= 15 is 0 Å². The Hall–Kier alpha value is -3.32. The van der Waals surface area contributed by atoms with Crippen molar-refractivity contribution >= 4 is 5.91 Å². The summed E-state index contributed by atoms with van der Waals surface area (Å²) in [5.74, 6) is -0.543. The maximum Gasteiger partial charge on any atom is 0.253 e. The van der Waals surface area contributed by atoms with E-state index in [1.165, 1.54) is 30.5 Å². The van der Waals surface area contributed by atoms with Crippen LogP contribution in [0.4, 0.5) is 8.78 Å². The number of nitrogens with one attached hydrogen (secondary N) is 1. The summed E-state index contributed by atoms with van der Waals surface area (Å²) in [4.78, 5) is 16.7. The van der Waals surface area contributed by atoms with Crippen molar-refractivity contribution in [2.45, 2.75) is 13.2 Å². The zero-order chi connectivity index (χ0) is 19.5. The molecule has 2 aromatic carbocycles. The molecule has 1 aromatic heterocycles. The SMILES string of the molecule is O=C(NCc1cc(F)cc2c1OCOC2)c1ccc(-c2ccc(F)cc2)nc1. The fourth-order valence-corrected chi connectivity index (χ4v) is 2.99. The molecule has 2 heterocycles. The Bertz CT molecular complexity index is 1010. The van der Waals surface area contributed by atoms with Crippen molar-refractivity contribution in [1.29, 1.82) is 0 Å². The maximum absolute atomic E-state index is 13.8. The van der Waals surface area contributed by atoms with Crippen molar-refractivity contribution in [3.63, 3.8) is 0 Å². The molecule has 0 fully saturated rings. The molecule has 1 aliphatic rings. The summed E-state index contributed by atoms with van der Waals surface area (Å²) in [6.07, 6.45) is 1.44. The molecular formula is C21H16F2N2O3. The van der Waals surface area contributed by atoms with Crippen LogP contribution in [0.25, 0.3) is 11.3 Å². The molecule has 4 rings (SSSR count). The molecule has 1 aliphatic heterocycles. The van der Waals surface area contributed by atoms with Gasteiger partial charge in [-0.25, -0.2) is 8.78 Å². The van der Waals surface area contributed by atoms with Gasteiger partial charge in [0, 0.05) is 29.4 Å². The predicted octanol–water partition coefficient (Wildman–Crippen LogP) is 3.82. The molecule has 142 valence electrons. The van der Waals surface area contributed by atoms with Gasteiger partial charge in [-0.1, -0.05) is 0 Å². The fraction of sp³-hybridized carbons (Fsp3) is 0.143. The largest absolute Gasteiger partial charge is 0.467 e. The van der Waals surface area contributed by atoms with Crippen LogP contribution < -0.4 is 10.1 Å². The van der Waals surface area contributed by atoms with Gasteiger partial charge in [-0.2, -0.15) is 0 Å². The topological polar surface area (TPSA) is 60.5 Å². The quantitative estimate of drug-likeness (QED) is 0.745. The fourth-order valence-electron chi connectivity index (χ4n) is 2.99. The van der Waals surface area contributed by atoms with Crippen molar-refractivity contribution in [2.24, 2.45) is 0 Å². The first-order valence-corrected chi connectivity index (χ1v) is 8.62. The molecule has 0 spiro atoms. The van der Waals surface area contributed by atoms with E-state index in [2.05, 4.69) is 10.3 Å². The number of carbonyl (C=O) groups is 1. The molecule has 0 aliphatic carbocycles. The van der Waals surface area contributed by atoms with Gasteiger partial charge in [0.1, 0.15) is 17.4 Å². The van der Waals surface area contributed by atoms with E-state index < -0.39 is 5.82 Å². The number of benzene rings is 2. The minimum absolute atomic E-state index is 0.0916. The molecular weight excluding hydrogens is 366 g/mol. The normalized spacial score (nSPS) is 12.8. The molecule has 28 heavy (non-hydrogen) atoms. The van der Waals surface area contributed by atoms with Crippen molar-refractivity contribution in [3.8, 4) is 17.0 Å². The number of carbonyl (C=O) groups excluding carboxylic acids is 1. The highest BCUT2D eigenvalue weighted by molar-refractivity contribution is 5.94. The van der Waals surface area contributed by atoms with Gasteiger partial charge in [-0.05, 0) is 48.5 Å². The first kappa shape index (κ1) is 18.1. The highest BCUT2D eigenvalue weighted by Crippen LogP contribution is 2.29. The van der Waals surface area contributed by atoms with Gasteiger partial charge in [-0.15, -0.1) is 0 Å². The second-order valence-corrected chi connectivity index (χ2v) is 6.29. The number of nitrogens with zero attached hydrogens (tertiary/aromatic N) is 1. The zero-order valence-corrected chi connectivity index (χ0v) is 14.7. The average Bonchev–Trinajstić information content (AvgIpc) is 2.72. The van der Waals surface area contributed by atoms with Gasteiger partial charge in [0.25, 0.3) is 5.91 Å². The van der Waals surface area contributed by atoms with Crippen LogP contribution in [0.15, 0.2) is 54.7 Å². The molecule has 0 saturated heterocycles. The lowest BCUT2D eigenvalue weighted by Gasteiger charge is -2.21. The average molecular weight is 382 g/mol. The lowest BCUT2D eigenvalue weighted by atomic mass is 10.1. The number of amides is 1. The van der Waals surface area contributed by atoms with Crippen molar-refractivity contribution in [2.75, 3.05) is 6.79 Å². The lowest BCUT2D eigenvalue weighted by molar-refractivity contribution is -0.0173. The molecule has 0 atom stereocenters. The van der Waals surface area contributed by atoms with Crippen molar-refractivity contribution < 1.29 is 23.0 Å². The van der Waals surface area contributed by atoms with Gasteiger partial charge >= 0.3 is 0 Å². The number of halogens is 2. The van der Waals surface area contributed by atoms with Crippen LogP contribution in [-0.4, -0.2) is 17.7 Å². The minimum atomic E-state index is -0.414. The first-order valence-electron chi connectivity index (χ1n) is 8.62. The lowest BCUT2D eigenvalue weighted by Crippen LogP contribution is -2.24. The highest BCUT2D eigenvalue weighted by atomic mass is 19.1. The molecule has 7 heteroatoms. The maximum atomic E-state index is 13.8.